The molecule has 0 bridgehead atoms. The van der Waals surface area contributed by atoms with Gasteiger partial charge in [0.15, 0.2) is 0 Å². The monoisotopic (exact) mass is 570 g/mol. The van der Waals surface area contributed by atoms with Gasteiger partial charge in [-0.1, -0.05) is 54.6 Å². The fourth-order valence-electron chi connectivity index (χ4n) is 4.23. The van der Waals surface area contributed by atoms with Crippen LogP contribution in [0.1, 0.15) is 22.3 Å². The van der Waals surface area contributed by atoms with Gasteiger partial charge < -0.3 is 15.0 Å². The highest BCUT2D eigenvalue weighted by molar-refractivity contribution is 7.86. The minimum atomic E-state index is -5.08. The first-order chi connectivity index (χ1) is 18.8. The van der Waals surface area contributed by atoms with E-state index in [9.17, 15) is 21.6 Å². The lowest BCUT2D eigenvalue weighted by atomic mass is 9.77. The summed E-state index contributed by atoms with van der Waals surface area (Å²) in [5.74, 6) is -2.09. The van der Waals surface area contributed by atoms with Crippen LogP contribution in [0.3, 0.4) is 0 Å². The Hall–Kier alpha value is -4.78. The maximum atomic E-state index is 11.5. The number of halogens is 3. The Bertz CT molecular complexity index is 1680. The first kappa shape index (κ1) is 28.2. The third-order valence-electron chi connectivity index (χ3n) is 5.82. The van der Waals surface area contributed by atoms with E-state index in [1.54, 1.807) is 24.5 Å². The number of nitrogens with zero attached hydrogens (tertiary/aromatic N) is 3. The average Bonchev–Trinajstić information content (AvgIpc) is 3.22. The Morgan fingerprint density at radius 3 is 2.15 bits per heavy atom. The maximum absolute atomic E-state index is 11.5. The number of nitrogens with two attached hydrogens (primary N) is 1. The fourth-order valence-corrected chi connectivity index (χ4v) is 4.69. The number of hydrogen-bond donors (Lipinski definition) is 2. The van der Waals surface area contributed by atoms with Crippen molar-refractivity contribution in [1.29, 1.82) is 0 Å². The lowest BCUT2D eigenvalue weighted by Crippen LogP contribution is -2.25. The summed E-state index contributed by atoms with van der Waals surface area (Å²) < 4.78 is 59.8. The van der Waals surface area contributed by atoms with Crippen molar-refractivity contribution in [2.24, 2.45) is 10.7 Å². The number of alkyl halides is 3. The van der Waals surface area contributed by atoms with E-state index >= 15 is 0 Å². The molecule has 1 aliphatic heterocycles. The Morgan fingerprint density at radius 2 is 1.55 bits per heavy atom. The molecule has 0 aliphatic carbocycles. The molecule has 9 nitrogen and oxygen atoms in total. The molecule has 1 atom stereocenters. The zero-order valence-electron chi connectivity index (χ0n) is 20.7. The van der Waals surface area contributed by atoms with Gasteiger partial charge in [-0.15, -0.1) is 0 Å². The van der Waals surface area contributed by atoms with Crippen molar-refractivity contribution >= 4 is 21.9 Å². The molecule has 1 unspecified atom stereocenters. The zero-order valence-corrected chi connectivity index (χ0v) is 21.5. The van der Waals surface area contributed by atoms with E-state index < -0.39 is 27.8 Å². The molecule has 4 aromatic rings. The first-order valence-corrected chi connectivity index (χ1v) is 13.2. The number of fused-ring (bicyclic) bond motifs is 1. The number of aliphatic carboxylic acids is 1. The molecule has 40 heavy (non-hydrogen) atoms. The van der Waals surface area contributed by atoms with Crippen molar-refractivity contribution in [3.8, 4) is 16.9 Å². The van der Waals surface area contributed by atoms with Crippen LogP contribution < -0.4 is 9.92 Å². The number of hydrogen-bond acceptors (Lipinski definition) is 8. The molecule has 0 amide bonds. The summed E-state index contributed by atoms with van der Waals surface area (Å²) in [6, 6.07) is 22.8. The second-order valence-electron chi connectivity index (χ2n) is 8.58. The van der Waals surface area contributed by atoms with Crippen LogP contribution in [0.15, 0.2) is 96.5 Å². The minimum absolute atomic E-state index is 0.231. The molecule has 2 heterocycles. The van der Waals surface area contributed by atoms with Crippen LogP contribution in [0.2, 0.25) is 0 Å². The Kier molecular flexibility index (Phi) is 7.60. The molecule has 0 radical (unpaired) electrons. The van der Waals surface area contributed by atoms with Crippen LogP contribution in [-0.2, 0) is 20.5 Å². The van der Waals surface area contributed by atoms with Crippen molar-refractivity contribution in [2.45, 2.75) is 11.7 Å². The summed E-state index contributed by atoms with van der Waals surface area (Å²) >= 11 is 0. The highest BCUT2D eigenvalue weighted by Gasteiger charge is 2.43. The summed E-state index contributed by atoms with van der Waals surface area (Å²) in [6.07, 6.45) is 0.944. The molecule has 0 fully saturated rings. The molecule has 0 saturated carbocycles. The maximum Gasteiger partial charge on any atom is 0.490 e. The number of aliphatic imine (C=N–C) groups is 1. The van der Waals surface area contributed by atoms with Gasteiger partial charge in [-0.2, -0.15) is 21.6 Å². The van der Waals surface area contributed by atoms with E-state index in [1.807, 2.05) is 54.6 Å². The fraction of sp³-hybridized carbons (Fsp3) is 0.111. The predicted octanol–water partition coefficient (Wildman–Crippen LogP) is 4.13. The van der Waals surface area contributed by atoms with Crippen molar-refractivity contribution in [3.63, 3.8) is 0 Å². The van der Waals surface area contributed by atoms with E-state index in [-0.39, 0.29) is 5.75 Å². The normalized spacial score (nSPS) is 16.2. The number of benzene rings is 3. The molecule has 13 heteroatoms. The summed E-state index contributed by atoms with van der Waals surface area (Å²) in [7, 11) is -3.63. The van der Waals surface area contributed by atoms with Gasteiger partial charge in [0, 0.05) is 23.5 Å². The molecule has 1 aliphatic rings. The minimum Gasteiger partial charge on any atom is -0.475 e. The first-order valence-electron chi connectivity index (χ1n) is 11.4. The van der Waals surface area contributed by atoms with Gasteiger partial charge in [-0.05, 0) is 40.5 Å². The zero-order chi connectivity index (χ0) is 29.1. The van der Waals surface area contributed by atoms with Gasteiger partial charge in [-0.3, -0.25) is 0 Å². The van der Waals surface area contributed by atoms with Gasteiger partial charge in [0.05, 0.1) is 6.26 Å². The molecule has 3 aromatic carbocycles. The topological polar surface area (TPSA) is 145 Å². The third kappa shape index (κ3) is 5.94. The number of rotatable bonds is 5. The SMILES string of the molecule is CS(=O)(=O)Oc1ccc(C2(c3cccc(-c4cncnc4)c3)N=C(N)c3ccccc32)cc1.O=C(O)C(F)(F)F. The Labute approximate surface area is 227 Å². The highest BCUT2D eigenvalue weighted by atomic mass is 32.2. The molecule has 5 rings (SSSR count). The lowest BCUT2D eigenvalue weighted by Gasteiger charge is -2.29. The van der Waals surface area contributed by atoms with Crippen LogP contribution >= 0.6 is 0 Å². The van der Waals surface area contributed by atoms with Crippen molar-refractivity contribution in [1.82, 2.24) is 9.97 Å². The molecular weight excluding hydrogens is 549 g/mol. The van der Waals surface area contributed by atoms with E-state index in [0.717, 1.165) is 39.6 Å². The second-order valence-corrected chi connectivity index (χ2v) is 10.2. The quantitative estimate of drug-likeness (QED) is 0.341. The van der Waals surface area contributed by atoms with Crippen LogP contribution in [0.25, 0.3) is 11.1 Å². The largest absolute Gasteiger partial charge is 0.490 e. The summed E-state index contributed by atoms with van der Waals surface area (Å²) in [4.78, 5) is 22.1. The molecule has 1 aromatic heterocycles. The Morgan fingerprint density at radius 1 is 0.925 bits per heavy atom. The second kappa shape index (κ2) is 10.8. The number of aromatic nitrogens is 2. The smallest absolute Gasteiger partial charge is 0.475 e. The molecule has 206 valence electrons. The molecule has 0 spiro atoms. The molecular formula is C27H21F3N4O5S. The van der Waals surface area contributed by atoms with Crippen LogP contribution in [-0.4, -0.2) is 47.7 Å². The Balaban J connectivity index is 0.000000470. The number of carboxylic acids is 1. The molecule has 0 saturated heterocycles. The van der Waals surface area contributed by atoms with Gasteiger partial charge in [-0.25, -0.2) is 19.8 Å². The van der Waals surface area contributed by atoms with Crippen LogP contribution in [0, 0.1) is 0 Å². The van der Waals surface area contributed by atoms with E-state index in [2.05, 4.69) is 16.0 Å². The van der Waals surface area contributed by atoms with Gasteiger partial charge in [0.2, 0.25) is 0 Å². The highest BCUT2D eigenvalue weighted by Crippen LogP contribution is 2.46. The number of carbonyl (C=O) groups is 1. The summed E-state index contributed by atoms with van der Waals surface area (Å²) in [5, 5.41) is 7.12. The van der Waals surface area contributed by atoms with Gasteiger partial charge in [0.25, 0.3) is 0 Å². The summed E-state index contributed by atoms with van der Waals surface area (Å²) in [6.45, 7) is 0. The van der Waals surface area contributed by atoms with Crippen LogP contribution in [0.5, 0.6) is 5.75 Å². The van der Waals surface area contributed by atoms with Crippen molar-refractivity contribution in [2.75, 3.05) is 6.26 Å². The number of amidine groups is 1. The van der Waals surface area contributed by atoms with Crippen LogP contribution in [0.4, 0.5) is 13.2 Å². The number of carboxylic acid groups (broad SMARTS) is 1. The van der Waals surface area contributed by atoms with Gasteiger partial charge >= 0.3 is 22.3 Å². The van der Waals surface area contributed by atoms with E-state index in [0.29, 0.717) is 5.84 Å². The lowest BCUT2D eigenvalue weighted by molar-refractivity contribution is -0.192. The van der Waals surface area contributed by atoms with E-state index in [1.165, 1.54) is 6.33 Å². The standard InChI is InChI=1S/C25H20N4O3S.C2HF3O2/c1-33(30,31)32-21-11-9-19(10-12-21)25(23-8-3-2-7-22(23)24(26)29-25)20-6-4-5-17(13-20)18-14-27-16-28-15-18;3-2(4,5)1(6)7/h2-16H,1H3,(H2,26,29);(H,6,7). The van der Waals surface area contributed by atoms with E-state index in [4.69, 9.17) is 24.8 Å². The summed E-state index contributed by atoms with van der Waals surface area (Å²) in [5.41, 5.74) is 10.9. The predicted molar refractivity (Wildman–Crippen MR) is 140 cm³/mol. The van der Waals surface area contributed by atoms with Gasteiger partial charge in [0.1, 0.15) is 23.5 Å². The van der Waals surface area contributed by atoms with Crippen molar-refractivity contribution < 1.29 is 35.7 Å². The average molecular weight is 571 g/mol. The molecule has 3 N–H and O–H groups in total. The van der Waals surface area contributed by atoms with Crippen molar-refractivity contribution in [3.05, 3.63) is 114 Å². The third-order valence-corrected chi connectivity index (χ3v) is 6.31.